The molecule has 1 aliphatic heterocycles. The summed E-state index contributed by atoms with van der Waals surface area (Å²) in [7, 11) is 0. The van der Waals surface area contributed by atoms with Crippen molar-refractivity contribution in [2.24, 2.45) is 0 Å². The predicted molar refractivity (Wildman–Crippen MR) is 69.7 cm³/mol. The van der Waals surface area contributed by atoms with Crippen LogP contribution in [0.5, 0.6) is 0 Å². The lowest BCUT2D eigenvalue weighted by atomic mass is 10.1. The average molecular weight is 233 g/mol. The molecule has 0 unspecified atom stereocenters. The van der Waals surface area contributed by atoms with Gasteiger partial charge in [0.2, 0.25) is 0 Å². The van der Waals surface area contributed by atoms with Gasteiger partial charge in [0.25, 0.3) is 0 Å². The molecular weight excluding hydrogens is 218 g/mol. The number of nitrogens with zero attached hydrogens (tertiary/aromatic N) is 2. The maximum Gasteiger partial charge on any atom is 0.101 e. The molecule has 1 aromatic carbocycles. The van der Waals surface area contributed by atoms with E-state index in [-0.39, 0.29) is 0 Å². The van der Waals surface area contributed by atoms with Gasteiger partial charge in [-0.1, -0.05) is 0 Å². The van der Waals surface area contributed by atoms with E-state index in [1.54, 1.807) is 0 Å². The summed E-state index contributed by atoms with van der Waals surface area (Å²) in [6.45, 7) is 2.13. The Morgan fingerprint density at radius 3 is 3.00 bits per heavy atom. The van der Waals surface area contributed by atoms with E-state index in [0.29, 0.717) is 11.3 Å². The molecule has 1 saturated heterocycles. The van der Waals surface area contributed by atoms with E-state index in [0.717, 1.165) is 24.5 Å². The Balaban J connectivity index is 2.22. The number of hydrogen-bond donors (Lipinski definition) is 1. The Kier molecular flexibility index (Phi) is 3.58. The fraction of sp³-hybridized carbons (Fsp3) is 0.417. The van der Waals surface area contributed by atoms with Crippen molar-refractivity contribution in [2.45, 2.75) is 6.42 Å². The first-order valence-corrected chi connectivity index (χ1v) is 6.59. The molecule has 4 heteroatoms. The van der Waals surface area contributed by atoms with Crippen molar-refractivity contribution in [1.29, 1.82) is 5.26 Å². The summed E-state index contributed by atoms with van der Waals surface area (Å²) in [6.07, 6.45) is 1.21. The summed E-state index contributed by atoms with van der Waals surface area (Å²) in [5.74, 6) is 2.39. The zero-order valence-corrected chi connectivity index (χ0v) is 9.96. The molecule has 1 aliphatic rings. The molecule has 0 radical (unpaired) electrons. The summed E-state index contributed by atoms with van der Waals surface area (Å²) in [5, 5.41) is 8.94. The Hall–Kier alpha value is -1.34. The van der Waals surface area contributed by atoms with Crippen LogP contribution >= 0.6 is 11.8 Å². The molecule has 0 spiro atoms. The number of nitriles is 1. The van der Waals surface area contributed by atoms with E-state index >= 15 is 0 Å². The highest BCUT2D eigenvalue weighted by molar-refractivity contribution is 7.99. The van der Waals surface area contributed by atoms with Crippen molar-refractivity contribution in [1.82, 2.24) is 0 Å². The van der Waals surface area contributed by atoms with Crippen molar-refractivity contribution >= 4 is 23.1 Å². The van der Waals surface area contributed by atoms with Gasteiger partial charge in [-0.2, -0.15) is 17.0 Å². The van der Waals surface area contributed by atoms with Gasteiger partial charge in [-0.25, -0.2) is 0 Å². The Morgan fingerprint density at radius 1 is 1.31 bits per heavy atom. The molecule has 0 bridgehead atoms. The number of nitrogens with two attached hydrogens (primary N) is 1. The fourth-order valence-corrected chi connectivity index (χ4v) is 2.73. The standard InChI is InChI=1S/C12H15N3S/c13-9-10-8-11(2-3-12(10)14)15-4-1-6-16-7-5-15/h2-3,8H,1,4-7,14H2. The molecular formula is C12H15N3S. The van der Waals surface area contributed by atoms with Crippen LogP contribution in [0.1, 0.15) is 12.0 Å². The zero-order chi connectivity index (χ0) is 11.4. The van der Waals surface area contributed by atoms with E-state index in [4.69, 9.17) is 11.0 Å². The van der Waals surface area contributed by atoms with Gasteiger partial charge in [0.05, 0.1) is 5.56 Å². The van der Waals surface area contributed by atoms with Crippen LogP contribution in [0.4, 0.5) is 11.4 Å². The Morgan fingerprint density at radius 2 is 2.19 bits per heavy atom. The number of anilines is 2. The first-order chi connectivity index (χ1) is 7.81. The Bertz CT molecular complexity index is 403. The fourth-order valence-electron chi connectivity index (χ4n) is 1.84. The van der Waals surface area contributed by atoms with Crippen LogP contribution in [0.3, 0.4) is 0 Å². The third-order valence-electron chi connectivity index (χ3n) is 2.74. The molecule has 1 heterocycles. The van der Waals surface area contributed by atoms with Crippen LogP contribution in [-0.2, 0) is 0 Å². The number of rotatable bonds is 1. The van der Waals surface area contributed by atoms with Gasteiger partial charge >= 0.3 is 0 Å². The molecule has 2 N–H and O–H groups in total. The van der Waals surface area contributed by atoms with Gasteiger partial charge in [-0.05, 0) is 30.4 Å². The van der Waals surface area contributed by atoms with E-state index < -0.39 is 0 Å². The lowest BCUT2D eigenvalue weighted by Crippen LogP contribution is -2.25. The minimum atomic E-state index is 0.565. The van der Waals surface area contributed by atoms with Crippen molar-refractivity contribution in [3.63, 3.8) is 0 Å². The molecule has 0 amide bonds. The highest BCUT2D eigenvalue weighted by atomic mass is 32.2. The van der Waals surface area contributed by atoms with Gasteiger partial charge in [0, 0.05) is 30.2 Å². The first kappa shape index (κ1) is 11.2. The summed E-state index contributed by atoms with van der Waals surface area (Å²) in [6, 6.07) is 7.86. The van der Waals surface area contributed by atoms with Gasteiger partial charge in [-0.15, -0.1) is 0 Å². The van der Waals surface area contributed by atoms with Crippen molar-refractivity contribution in [3.8, 4) is 6.07 Å². The molecule has 1 aromatic rings. The lowest BCUT2D eigenvalue weighted by Gasteiger charge is -2.22. The number of benzene rings is 1. The summed E-state index contributed by atoms with van der Waals surface area (Å²) >= 11 is 2.00. The van der Waals surface area contributed by atoms with Crippen molar-refractivity contribution in [3.05, 3.63) is 23.8 Å². The third kappa shape index (κ3) is 2.42. The van der Waals surface area contributed by atoms with Gasteiger partial charge in [0.15, 0.2) is 0 Å². The minimum absolute atomic E-state index is 0.565. The Labute approximate surface area is 100 Å². The van der Waals surface area contributed by atoms with Crippen molar-refractivity contribution < 1.29 is 0 Å². The topological polar surface area (TPSA) is 53.0 Å². The summed E-state index contributed by atoms with van der Waals surface area (Å²) in [4.78, 5) is 2.33. The van der Waals surface area contributed by atoms with Gasteiger partial charge in [0.1, 0.15) is 6.07 Å². The number of nitrogen functional groups attached to an aromatic ring is 1. The minimum Gasteiger partial charge on any atom is -0.398 e. The average Bonchev–Trinajstić information content (AvgIpc) is 2.58. The molecule has 84 valence electrons. The second-order valence-corrected chi connectivity index (χ2v) is 5.06. The van der Waals surface area contributed by atoms with Gasteiger partial charge < -0.3 is 10.6 Å². The molecule has 1 fully saturated rings. The predicted octanol–water partition coefficient (Wildman–Crippen LogP) is 2.08. The quantitative estimate of drug-likeness (QED) is 0.755. The van der Waals surface area contributed by atoms with Crippen LogP contribution in [0, 0.1) is 11.3 Å². The summed E-state index contributed by atoms with van der Waals surface area (Å²) < 4.78 is 0. The molecule has 16 heavy (non-hydrogen) atoms. The zero-order valence-electron chi connectivity index (χ0n) is 9.15. The summed E-state index contributed by atoms with van der Waals surface area (Å²) in [5.41, 5.74) is 7.98. The smallest absolute Gasteiger partial charge is 0.101 e. The maximum atomic E-state index is 8.94. The van der Waals surface area contributed by atoms with Crippen molar-refractivity contribution in [2.75, 3.05) is 35.2 Å². The number of thioether (sulfide) groups is 1. The van der Waals surface area contributed by atoms with Crippen LogP contribution < -0.4 is 10.6 Å². The largest absolute Gasteiger partial charge is 0.398 e. The third-order valence-corrected chi connectivity index (χ3v) is 3.79. The van der Waals surface area contributed by atoms with Gasteiger partial charge in [-0.3, -0.25) is 0 Å². The highest BCUT2D eigenvalue weighted by Crippen LogP contribution is 2.23. The van der Waals surface area contributed by atoms with E-state index in [1.165, 1.54) is 12.2 Å². The van der Waals surface area contributed by atoms with Crippen LogP contribution in [-0.4, -0.2) is 24.6 Å². The van der Waals surface area contributed by atoms with E-state index in [9.17, 15) is 0 Å². The van der Waals surface area contributed by atoms with E-state index in [2.05, 4.69) is 11.0 Å². The molecule has 0 saturated carbocycles. The second kappa shape index (κ2) is 5.13. The molecule has 0 aliphatic carbocycles. The highest BCUT2D eigenvalue weighted by Gasteiger charge is 2.11. The van der Waals surface area contributed by atoms with Crippen LogP contribution in [0.2, 0.25) is 0 Å². The maximum absolute atomic E-state index is 8.94. The monoisotopic (exact) mass is 233 g/mol. The molecule has 3 nitrogen and oxygen atoms in total. The normalized spacial score (nSPS) is 16.6. The molecule has 0 aromatic heterocycles. The molecule has 0 atom stereocenters. The SMILES string of the molecule is N#Cc1cc(N2CCCSCC2)ccc1N. The van der Waals surface area contributed by atoms with E-state index in [1.807, 2.05) is 30.0 Å². The van der Waals surface area contributed by atoms with Crippen LogP contribution in [0.15, 0.2) is 18.2 Å². The second-order valence-electron chi connectivity index (χ2n) is 3.84. The molecule has 2 rings (SSSR count). The first-order valence-electron chi connectivity index (χ1n) is 5.43. The number of hydrogen-bond acceptors (Lipinski definition) is 4. The lowest BCUT2D eigenvalue weighted by molar-refractivity contribution is 0.816. The van der Waals surface area contributed by atoms with Crippen LogP contribution in [0.25, 0.3) is 0 Å².